The Labute approximate surface area is 213 Å². The zero-order valence-corrected chi connectivity index (χ0v) is 21.4. The SMILES string of the molecule is C=CCO[C@H]1O[C@H]([C@@H](COCc2ccc(OC)cc2)OCc2ccc(OC)cc2)[C@@H]2OC(C)(C)O[C@H]12. The third-order valence-corrected chi connectivity index (χ3v) is 6.12. The van der Waals surface area contributed by atoms with Crippen LogP contribution in [0.5, 0.6) is 11.5 Å². The maximum absolute atomic E-state index is 6.37. The van der Waals surface area contributed by atoms with Crippen LogP contribution in [0.15, 0.2) is 61.2 Å². The smallest absolute Gasteiger partial charge is 0.187 e. The summed E-state index contributed by atoms with van der Waals surface area (Å²) in [5.41, 5.74) is 2.04. The van der Waals surface area contributed by atoms with Crippen LogP contribution < -0.4 is 9.47 Å². The molecule has 8 heteroatoms. The van der Waals surface area contributed by atoms with Gasteiger partial charge in [-0.15, -0.1) is 6.58 Å². The molecule has 0 aliphatic carbocycles. The third-order valence-electron chi connectivity index (χ3n) is 6.12. The molecule has 0 aromatic heterocycles. The van der Waals surface area contributed by atoms with E-state index in [1.807, 2.05) is 62.4 Å². The van der Waals surface area contributed by atoms with Crippen LogP contribution in [0.4, 0.5) is 0 Å². The van der Waals surface area contributed by atoms with Gasteiger partial charge in [-0.2, -0.15) is 0 Å². The van der Waals surface area contributed by atoms with Crippen molar-refractivity contribution in [1.82, 2.24) is 0 Å². The number of hydrogen-bond acceptors (Lipinski definition) is 8. The van der Waals surface area contributed by atoms with Gasteiger partial charge in [0.25, 0.3) is 0 Å². The van der Waals surface area contributed by atoms with E-state index in [4.69, 9.17) is 37.9 Å². The van der Waals surface area contributed by atoms with Crippen molar-refractivity contribution < 1.29 is 37.9 Å². The van der Waals surface area contributed by atoms with Crippen molar-refractivity contribution in [3.8, 4) is 11.5 Å². The highest BCUT2D eigenvalue weighted by molar-refractivity contribution is 5.27. The number of hydrogen-bond donors (Lipinski definition) is 0. The summed E-state index contributed by atoms with van der Waals surface area (Å²) < 4.78 is 47.4. The second-order valence-corrected chi connectivity index (χ2v) is 9.22. The molecule has 0 amide bonds. The summed E-state index contributed by atoms with van der Waals surface area (Å²) in [6, 6.07) is 15.5. The number of ether oxygens (including phenoxy) is 8. The van der Waals surface area contributed by atoms with Crippen molar-refractivity contribution in [3.63, 3.8) is 0 Å². The van der Waals surface area contributed by atoms with E-state index in [1.165, 1.54) is 0 Å². The van der Waals surface area contributed by atoms with Crippen molar-refractivity contribution in [2.24, 2.45) is 0 Å². The van der Waals surface area contributed by atoms with Crippen molar-refractivity contribution in [2.45, 2.75) is 63.6 Å². The highest BCUT2D eigenvalue weighted by Crippen LogP contribution is 2.41. The molecule has 196 valence electrons. The molecule has 0 unspecified atom stereocenters. The van der Waals surface area contributed by atoms with Gasteiger partial charge in [0.1, 0.15) is 35.9 Å². The maximum atomic E-state index is 6.37. The average molecular weight is 501 g/mol. The topological polar surface area (TPSA) is 73.8 Å². The fraction of sp³-hybridized carbons (Fsp3) is 0.500. The van der Waals surface area contributed by atoms with Crippen LogP contribution in [-0.4, -0.2) is 63.9 Å². The number of methoxy groups -OCH3 is 2. The lowest BCUT2D eigenvalue weighted by Crippen LogP contribution is -2.42. The summed E-state index contributed by atoms with van der Waals surface area (Å²) >= 11 is 0. The standard InChI is InChI=1S/C28H36O8/c1-6-15-32-27-26-25(35-28(2,3)36-26)24(34-27)23(33-17-20-9-13-22(30-5)14-10-20)18-31-16-19-7-11-21(29-4)12-8-19/h6-14,23-27H,1,15-18H2,2-5H3/t23-,24-,25+,26+,27+/m1/s1. The van der Waals surface area contributed by atoms with Gasteiger partial charge in [0.2, 0.25) is 0 Å². The molecule has 2 aliphatic rings. The predicted octanol–water partition coefficient (Wildman–Crippen LogP) is 4.25. The van der Waals surface area contributed by atoms with E-state index < -0.39 is 24.3 Å². The zero-order chi connectivity index (χ0) is 25.5. The summed E-state index contributed by atoms with van der Waals surface area (Å²) in [6.07, 6.45) is -0.511. The Bertz CT molecular complexity index is 959. The molecule has 0 bridgehead atoms. The van der Waals surface area contributed by atoms with E-state index >= 15 is 0 Å². The molecule has 0 N–H and O–H groups in total. The molecule has 2 heterocycles. The van der Waals surface area contributed by atoms with Crippen molar-refractivity contribution >= 4 is 0 Å². The molecular formula is C28H36O8. The van der Waals surface area contributed by atoms with Gasteiger partial charge in [0, 0.05) is 0 Å². The largest absolute Gasteiger partial charge is 0.497 e. The number of fused-ring (bicyclic) bond motifs is 1. The summed E-state index contributed by atoms with van der Waals surface area (Å²) in [4.78, 5) is 0. The van der Waals surface area contributed by atoms with Crippen LogP contribution in [0.1, 0.15) is 25.0 Å². The molecule has 0 spiro atoms. The molecule has 0 radical (unpaired) electrons. The Balaban J connectivity index is 1.46. The summed E-state index contributed by atoms with van der Waals surface area (Å²) in [5.74, 6) is 0.843. The lowest BCUT2D eigenvalue weighted by atomic mass is 10.1. The number of rotatable bonds is 13. The minimum atomic E-state index is -0.752. The van der Waals surface area contributed by atoms with Gasteiger partial charge in [-0.25, -0.2) is 0 Å². The molecule has 0 saturated carbocycles. The van der Waals surface area contributed by atoms with Gasteiger partial charge in [-0.05, 0) is 49.2 Å². The molecule has 2 saturated heterocycles. The van der Waals surface area contributed by atoms with Gasteiger partial charge >= 0.3 is 0 Å². The van der Waals surface area contributed by atoms with Gasteiger partial charge in [-0.3, -0.25) is 0 Å². The molecule has 5 atom stereocenters. The minimum Gasteiger partial charge on any atom is -0.497 e. The van der Waals surface area contributed by atoms with Crippen LogP contribution in [0.2, 0.25) is 0 Å². The van der Waals surface area contributed by atoms with Crippen LogP contribution >= 0.6 is 0 Å². The Morgan fingerprint density at radius 3 is 2.06 bits per heavy atom. The summed E-state index contributed by atoms with van der Waals surface area (Å²) in [5, 5.41) is 0. The summed E-state index contributed by atoms with van der Waals surface area (Å²) in [6.45, 7) is 8.95. The zero-order valence-electron chi connectivity index (χ0n) is 21.4. The van der Waals surface area contributed by atoms with Crippen molar-refractivity contribution in [3.05, 3.63) is 72.3 Å². The van der Waals surface area contributed by atoms with E-state index in [0.717, 1.165) is 22.6 Å². The summed E-state index contributed by atoms with van der Waals surface area (Å²) in [7, 11) is 3.29. The molecule has 2 aromatic carbocycles. The maximum Gasteiger partial charge on any atom is 0.187 e. The monoisotopic (exact) mass is 500 g/mol. The fourth-order valence-electron chi connectivity index (χ4n) is 4.37. The predicted molar refractivity (Wildman–Crippen MR) is 133 cm³/mol. The lowest BCUT2D eigenvalue weighted by molar-refractivity contribution is -0.247. The second-order valence-electron chi connectivity index (χ2n) is 9.22. The molecule has 4 rings (SSSR count). The van der Waals surface area contributed by atoms with Crippen LogP contribution in [0.3, 0.4) is 0 Å². The Morgan fingerprint density at radius 1 is 0.889 bits per heavy atom. The number of benzene rings is 2. The Hall–Kier alpha value is -2.46. The average Bonchev–Trinajstić information content (AvgIpc) is 3.38. The third kappa shape index (κ3) is 6.64. The van der Waals surface area contributed by atoms with E-state index in [-0.39, 0.29) is 12.2 Å². The molecule has 2 fully saturated rings. The van der Waals surface area contributed by atoms with Gasteiger partial charge < -0.3 is 37.9 Å². The lowest BCUT2D eigenvalue weighted by Gasteiger charge is -2.29. The normalized spacial score (nSPS) is 25.3. The van der Waals surface area contributed by atoms with E-state index in [2.05, 4.69) is 6.58 Å². The molecule has 8 nitrogen and oxygen atoms in total. The van der Waals surface area contributed by atoms with E-state index in [9.17, 15) is 0 Å². The highest BCUT2D eigenvalue weighted by atomic mass is 16.8. The first-order valence-corrected chi connectivity index (χ1v) is 12.1. The first kappa shape index (κ1) is 26.6. The van der Waals surface area contributed by atoms with Gasteiger partial charge in [-0.1, -0.05) is 30.3 Å². The van der Waals surface area contributed by atoms with Gasteiger partial charge in [0.05, 0.1) is 40.6 Å². The molecule has 36 heavy (non-hydrogen) atoms. The first-order chi connectivity index (χ1) is 17.4. The van der Waals surface area contributed by atoms with Crippen molar-refractivity contribution in [1.29, 1.82) is 0 Å². The van der Waals surface area contributed by atoms with Crippen molar-refractivity contribution in [2.75, 3.05) is 27.4 Å². The second kappa shape index (κ2) is 12.2. The van der Waals surface area contributed by atoms with E-state index in [0.29, 0.717) is 26.4 Å². The van der Waals surface area contributed by atoms with Crippen LogP contribution in [0, 0.1) is 0 Å². The minimum absolute atomic E-state index is 0.300. The van der Waals surface area contributed by atoms with Crippen LogP contribution in [-0.2, 0) is 41.6 Å². The van der Waals surface area contributed by atoms with Gasteiger partial charge in [0.15, 0.2) is 12.1 Å². The fourth-order valence-corrected chi connectivity index (χ4v) is 4.37. The first-order valence-electron chi connectivity index (χ1n) is 12.1. The Morgan fingerprint density at radius 2 is 1.47 bits per heavy atom. The quantitative estimate of drug-likeness (QED) is 0.378. The molecular weight excluding hydrogens is 464 g/mol. The highest BCUT2D eigenvalue weighted by Gasteiger charge is 2.58. The Kier molecular flexibility index (Phi) is 9.00. The van der Waals surface area contributed by atoms with E-state index in [1.54, 1.807) is 20.3 Å². The van der Waals surface area contributed by atoms with Crippen LogP contribution in [0.25, 0.3) is 0 Å². The molecule has 2 aliphatic heterocycles. The molecule has 2 aromatic rings.